The van der Waals surface area contributed by atoms with Crippen LogP contribution in [0.5, 0.6) is 5.75 Å². The molecule has 160 valence electrons. The van der Waals surface area contributed by atoms with Crippen LogP contribution in [0.25, 0.3) is 22.2 Å². The smallest absolute Gasteiger partial charge is 0.270 e. The van der Waals surface area contributed by atoms with Gasteiger partial charge < -0.3 is 14.7 Å². The second-order valence-electron chi connectivity index (χ2n) is 7.23. The van der Waals surface area contributed by atoms with E-state index >= 15 is 0 Å². The summed E-state index contributed by atoms with van der Waals surface area (Å²) in [6.45, 7) is 3.65. The molecule has 0 aliphatic rings. The molecule has 0 fully saturated rings. The standard InChI is InChI=1S/C24H20N4O3S/c1-13-20(17-6-4-5-7-19(17)26-13)22(29)14(2)32-24-27-21(18(12-25)23(30)28-24)15-8-10-16(31-3)11-9-15/h4-11,14,26H,1-3H3,(H,27,28,30). The number of nitriles is 1. The summed E-state index contributed by atoms with van der Waals surface area (Å²) < 4.78 is 5.17. The van der Waals surface area contributed by atoms with Gasteiger partial charge in [0.15, 0.2) is 10.9 Å². The normalized spacial score (nSPS) is 11.8. The molecular weight excluding hydrogens is 424 g/mol. The SMILES string of the molecule is COc1ccc(-c2nc(SC(C)C(=O)c3c(C)[nH]c4ccccc34)[nH]c(=O)c2C#N)cc1. The van der Waals surface area contributed by atoms with Crippen LogP contribution in [0.3, 0.4) is 0 Å². The lowest BCUT2D eigenvalue weighted by Gasteiger charge is -2.12. The number of para-hydroxylation sites is 1. The molecule has 4 rings (SSSR count). The summed E-state index contributed by atoms with van der Waals surface area (Å²) in [5.74, 6) is 0.586. The zero-order valence-corrected chi connectivity index (χ0v) is 18.5. The van der Waals surface area contributed by atoms with Crippen molar-refractivity contribution in [2.75, 3.05) is 7.11 Å². The Morgan fingerprint density at radius 1 is 1.16 bits per heavy atom. The topological polar surface area (TPSA) is 112 Å². The van der Waals surface area contributed by atoms with Crippen LogP contribution in [0.15, 0.2) is 58.5 Å². The third-order valence-electron chi connectivity index (χ3n) is 5.17. The minimum absolute atomic E-state index is 0.0667. The molecule has 2 aromatic carbocycles. The van der Waals surface area contributed by atoms with Gasteiger partial charge in [-0.3, -0.25) is 9.59 Å². The van der Waals surface area contributed by atoms with Crippen LogP contribution in [-0.2, 0) is 0 Å². The molecule has 7 nitrogen and oxygen atoms in total. The quantitative estimate of drug-likeness (QED) is 0.258. The van der Waals surface area contributed by atoms with Gasteiger partial charge in [-0.15, -0.1) is 0 Å². The molecule has 0 saturated carbocycles. The van der Waals surface area contributed by atoms with Crippen LogP contribution >= 0.6 is 11.8 Å². The van der Waals surface area contributed by atoms with Gasteiger partial charge in [0.1, 0.15) is 17.4 Å². The highest BCUT2D eigenvalue weighted by Gasteiger charge is 2.24. The number of methoxy groups -OCH3 is 1. The lowest BCUT2D eigenvalue weighted by atomic mass is 10.1. The van der Waals surface area contributed by atoms with Gasteiger partial charge in [0.05, 0.1) is 18.1 Å². The number of nitrogens with one attached hydrogen (secondary N) is 2. The Labute approximate surface area is 188 Å². The van der Waals surface area contributed by atoms with Crippen molar-refractivity contribution >= 4 is 28.4 Å². The van der Waals surface area contributed by atoms with Crippen molar-refractivity contribution in [3.8, 4) is 23.1 Å². The summed E-state index contributed by atoms with van der Waals surface area (Å²) in [5, 5.41) is 10.1. The van der Waals surface area contributed by atoms with Crippen LogP contribution in [0.4, 0.5) is 0 Å². The van der Waals surface area contributed by atoms with Gasteiger partial charge >= 0.3 is 0 Å². The highest BCUT2D eigenvalue weighted by atomic mass is 32.2. The lowest BCUT2D eigenvalue weighted by molar-refractivity contribution is 0.0995. The Bertz CT molecular complexity index is 1410. The van der Waals surface area contributed by atoms with Gasteiger partial charge in [-0.25, -0.2) is 4.98 Å². The molecule has 0 aliphatic carbocycles. The molecule has 1 unspecified atom stereocenters. The summed E-state index contributed by atoms with van der Waals surface area (Å²) in [6.07, 6.45) is 0. The fourth-order valence-electron chi connectivity index (χ4n) is 3.59. The first-order chi connectivity index (χ1) is 15.4. The van der Waals surface area contributed by atoms with Crippen molar-refractivity contribution in [1.82, 2.24) is 15.0 Å². The number of benzene rings is 2. The van der Waals surface area contributed by atoms with Gasteiger partial charge in [-0.05, 0) is 44.2 Å². The molecule has 0 amide bonds. The van der Waals surface area contributed by atoms with Crippen LogP contribution in [0.1, 0.15) is 28.5 Å². The summed E-state index contributed by atoms with van der Waals surface area (Å²) in [4.78, 5) is 36.2. The van der Waals surface area contributed by atoms with Gasteiger partial charge in [0.25, 0.3) is 5.56 Å². The minimum Gasteiger partial charge on any atom is -0.497 e. The summed E-state index contributed by atoms with van der Waals surface area (Å²) in [7, 11) is 1.56. The first-order valence-electron chi connectivity index (χ1n) is 9.90. The number of carbonyl (C=O) groups excluding carboxylic acids is 1. The molecule has 2 aromatic heterocycles. The number of H-pyrrole nitrogens is 2. The summed E-state index contributed by atoms with van der Waals surface area (Å²) in [5.41, 5.74) is 2.59. The Hall–Kier alpha value is -3.83. The summed E-state index contributed by atoms with van der Waals surface area (Å²) in [6, 6.07) is 16.5. The van der Waals surface area contributed by atoms with Gasteiger partial charge in [-0.2, -0.15) is 5.26 Å². The summed E-state index contributed by atoms with van der Waals surface area (Å²) >= 11 is 1.15. The molecule has 0 saturated heterocycles. The molecular formula is C24H20N4O3S. The second-order valence-corrected chi connectivity index (χ2v) is 8.56. The average molecular weight is 445 g/mol. The number of hydrogen-bond donors (Lipinski definition) is 2. The van der Waals surface area contributed by atoms with Crippen molar-refractivity contribution in [2.24, 2.45) is 0 Å². The molecule has 8 heteroatoms. The molecule has 32 heavy (non-hydrogen) atoms. The van der Waals surface area contributed by atoms with Crippen molar-refractivity contribution in [3.05, 3.63) is 75.7 Å². The number of thioether (sulfide) groups is 1. The van der Waals surface area contributed by atoms with E-state index in [4.69, 9.17) is 4.74 Å². The number of fused-ring (bicyclic) bond motifs is 1. The molecule has 0 aliphatic heterocycles. The minimum atomic E-state index is -0.543. The number of carbonyl (C=O) groups is 1. The number of ketones is 1. The molecule has 2 heterocycles. The number of aromatic nitrogens is 3. The van der Waals surface area contributed by atoms with E-state index < -0.39 is 10.8 Å². The largest absolute Gasteiger partial charge is 0.497 e. The maximum Gasteiger partial charge on any atom is 0.270 e. The predicted molar refractivity (Wildman–Crippen MR) is 124 cm³/mol. The van der Waals surface area contributed by atoms with E-state index in [1.807, 2.05) is 37.3 Å². The number of aromatic amines is 2. The maximum absolute atomic E-state index is 13.3. The fraction of sp³-hybridized carbons (Fsp3) is 0.167. The van der Waals surface area contributed by atoms with E-state index in [0.717, 1.165) is 28.4 Å². The number of Topliss-reactive ketones (excluding diaryl/α,β-unsaturated/α-hetero) is 1. The first-order valence-corrected chi connectivity index (χ1v) is 10.8. The van der Waals surface area contributed by atoms with E-state index in [1.165, 1.54) is 0 Å². The number of aryl methyl sites for hydroxylation is 1. The third kappa shape index (κ3) is 3.90. The van der Waals surface area contributed by atoms with E-state index in [0.29, 0.717) is 16.9 Å². The van der Waals surface area contributed by atoms with E-state index in [1.54, 1.807) is 38.3 Å². The van der Waals surface area contributed by atoms with E-state index in [-0.39, 0.29) is 22.2 Å². The Morgan fingerprint density at radius 2 is 1.88 bits per heavy atom. The predicted octanol–water partition coefficient (Wildman–Crippen LogP) is 4.47. The monoisotopic (exact) mass is 444 g/mol. The molecule has 0 spiro atoms. The number of nitrogens with zero attached hydrogens (tertiary/aromatic N) is 2. The Balaban J connectivity index is 1.68. The van der Waals surface area contributed by atoms with Crippen molar-refractivity contribution in [1.29, 1.82) is 5.26 Å². The Kier molecular flexibility index (Phi) is 5.84. The highest BCUT2D eigenvalue weighted by molar-refractivity contribution is 8.00. The second kappa shape index (κ2) is 8.73. The average Bonchev–Trinajstić information content (AvgIpc) is 3.13. The van der Waals surface area contributed by atoms with Crippen molar-refractivity contribution in [3.63, 3.8) is 0 Å². The van der Waals surface area contributed by atoms with Crippen LogP contribution < -0.4 is 10.3 Å². The lowest BCUT2D eigenvalue weighted by Crippen LogP contribution is -2.18. The van der Waals surface area contributed by atoms with Crippen molar-refractivity contribution in [2.45, 2.75) is 24.3 Å². The van der Waals surface area contributed by atoms with Gasteiger partial charge in [0.2, 0.25) is 0 Å². The van der Waals surface area contributed by atoms with Gasteiger partial charge in [0, 0.05) is 27.7 Å². The number of rotatable bonds is 6. The maximum atomic E-state index is 13.3. The van der Waals surface area contributed by atoms with E-state index in [2.05, 4.69) is 15.0 Å². The van der Waals surface area contributed by atoms with E-state index in [9.17, 15) is 14.9 Å². The molecule has 0 radical (unpaired) electrons. The van der Waals surface area contributed by atoms with Crippen LogP contribution in [-0.4, -0.2) is 33.1 Å². The number of ether oxygens (including phenoxy) is 1. The molecule has 4 aromatic rings. The van der Waals surface area contributed by atoms with Crippen LogP contribution in [0.2, 0.25) is 0 Å². The van der Waals surface area contributed by atoms with Crippen molar-refractivity contribution < 1.29 is 9.53 Å². The third-order valence-corrected chi connectivity index (χ3v) is 6.15. The fourth-order valence-corrected chi connectivity index (χ4v) is 4.44. The highest BCUT2D eigenvalue weighted by Crippen LogP contribution is 2.30. The van der Waals surface area contributed by atoms with Gasteiger partial charge in [-0.1, -0.05) is 30.0 Å². The molecule has 2 N–H and O–H groups in total. The Morgan fingerprint density at radius 3 is 2.56 bits per heavy atom. The molecule has 0 bridgehead atoms. The first kappa shape index (κ1) is 21.4. The molecule has 1 atom stereocenters. The zero-order chi connectivity index (χ0) is 22.8. The zero-order valence-electron chi connectivity index (χ0n) is 17.7. The number of hydrogen-bond acceptors (Lipinski definition) is 6. The van der Waals surface area contributed by atoms with Crippen LogP contribution in [0, 0.1) is 18.3 Å².